The first-order valence-corrected chi connectivity index (χ1v) is 9.45. The molecule has 1 amide bonds. The first-order chi connectivity index (χ1) is 13.7. The van der Waals surface area contributed by atoms with Gasteiger partial charge >= 0.3 is 0 Å². The fourth-order valence-electron chi connectivity index (χ4n) is 2.87. The molecular formula is C22H26N2O4. The molecule has 1 aliphatic heterocycles. The molecule has 1 fully saturated rings. The molecule has 1 unspecified atom stereocenters. The van der Waals surface area contributed by atoms with Gasteiger partial charge in [-0.05, 0) is 49.2 Å². The number of nitrogens with one attached hydrogen (secondary N) is 2. The van der Waals surface area contributed by atoms with Crippen molar-refractivity contribution in [3.8, 4) is 11.5 Å². The molecular weight excluding hydrogens is 356 g/mol. The maximum atomic E-state index is 12.2. The topological polar surface area (TPSA) is 68.8 Å². The lowest BCUT2D eigenvalue weighted by Crippen LogP contribution is -2.22. The molecule has 1 saturated heterocycles. The Labute approximate surface area is 165 Å². The predicted octanol–water partition coefficient (Wildman–Crippen LogP) is 3.86. The van der Waals surface area contributed by atoms with Crippen molar-refractivity contribution >= 4 is 17.3 Å². The number of benzene rings is 2. The summed E-state index contributed by atoms with van der Waals surface area (Å²) in [6.45, 7) is 5.51. The number of amides is 1. The SMILES string of the molecule is C=CCOc1ccc(NC(=O)CNc2ccccc2OCC2CCCO2)cc1. The zero-order valence-corrected chi connectivity index (χ0v) is 15.9. The molecule has 0 spiro atoms. The van der Waals surface area contributed by atoms with Gasteiger partial charge in [0.1, 0.15) is 24.7 Å². The van der Waals surface area contributed by atoms with Crippen LogP contribution in [0.3, 0.4) is 0 Å². The molecule has 1 heterocycles. The minimum atomic E-state index is -0.145. The fraction of sp³-hybridized carbons (Fsp3) is 0.318. The lowest BCUT2D eigenvalue weighted by Gasteiger charge is -2.15. The molecule has 3 rings (SSSR count). The number of hydrogen-bond donors (Lipinski definition) is 2. The van der Waals surface area contributed by atoms with Gasteiger partial charge in [-0.2, -0.15) is 0 Å². The van der Waals surface area contributed by atoms with Gasteiger partial charge in [0.2, 0.25) is 5.91 Å². The second-order valence-corrected chi connectivity index (χ2v) is 6.47. The summed E-state index contributed by atoms with van der Waals surface area (Å²) in [4.78, 5) is 12.2. The van der Waals surface area contributed by atoms with Gasteiger partial charge in [-0.3, -0.25) is 4.79 Å². The Morgan fingerprint density at radius 1 is 1.18 bits per heavy atom. The average Bonchev–Trinajstić information content (AvgIpc) is 3.24. The highest BCUT2D eigenvalue weighted by atomic mass is 16.5. The van der Waals surface area contributed by atoms with Crippen LogP contribution in [0.1, 0.15) is 12.8 Å². The van der Waals surface area contributed by atoms with E-state index in [4.69, 9.17) is 14.2 Å². The fourth-order valence-corrected chi connectivity index (χ4v) is 2.87. The van der Waals surface area contributed by atoms with Gasteiger partial charge in [0.05, 0.1) is 18.3 Å². The lowest BCUT2D eigenvalue weighted by molar-refractivity contribution is -0.114. The third-order valence-corrected chi connectivity index (χ3v) is 4.28. The summed E-state index contributed by atoms with van der Waals surface area (Å²) >= 11 is 0. The molecule has 0 saturated carbocycles. The maximum Gasteiger partial charge on any atom is 0.243 e. The molecule has 1 aliphatic rings. The maximum absolute atomic E-state index is 12.2. The van der Waals surface area contributed by atoms with Gasteiger partial charge in [-0.15, -0.1) is 0 Å². The Bertz CT molecular complexity index is 770. The summed E-state index contributed by atoms with van der Waals surface area (Å²) in [6, 6.07) is 14.8. The van der Waals surface area contributed by atoms with E-state index in [2.05, 4.69) is 17.2 Å². The van der Waals surface area contributed by atoms with Crippen molar-refractivity contribution in [2.75, 3.05) is 37.0 Å². The van der Waals surface area contributed by atoms with Gasteiger partial charge in [0, 0.05) is 12.3 Å². The second kappa shape index (κ2) is 10.4. The Balaban J connectivity index is 1.48. The first kappa shape index (κ1) is 19.8. The number of carbonyl (C=O) groups excluding carboxylic acids is 1. The van der Waals surface area contributed by atoms with Crippen molar-refractivity contribution in [3.63, 3.8) is 0 Å². The smallest absolute Gasteiger partial charge is 0.243 e. The number of carbonyl (C=O) groups is 1. The second-order valence-electron chi connectivity index (χ2n) is 6.47. The molecule has 0 aromatic heterocycles. The normalized spacial score (nSPS) is 15.6. The van der Waals surface area contributed by atoms with Crippen LogP contribution in [0.5, 0.6) is 11.5 Å². The van der Waals surface area contributed by atoms with Gasteiger partial charge in [0.15, 0.2) is 0 Å². The Morgan fingerprint density at radius 3 is 2.75 bits per heavy atom. The van der Waals surface area contributed by atoms with Crippen LogP contribution in [0.4, 0.5) is 11.4 Å². The number of ether oxygens (including phenoxy) is 3. The lowest BCUT2D eigenvalue weighted by atomic mass is 10.2. The third kappa shape index (κ3) is 6.03. The summed E-state index contributed by atoms with van der Waals surface area (Å²) in [5.74, 6) is 1.30. The largest absolute Gasteiger partial charge is 0.490 e. The van der Waals surface area contributed by atoms with Gasteiger partial charge in [-0.25, -0.2) is 0 Å². The van der Waals surface area contributed by atoms with Crippen molar-refractivity contribution in [2.24, 2.45) is 0 Å². The van der Waals surface area contributed by atoms with Crippen LogP contribution in [0.2, 0.25) is 0 Å². The van der Waals surface area contributed by atoms with E-state index >= 15 is 0 Å². The molecule has 1 atom stereocenters. The summed E-state index contributed by atoms with van der Waals surface area (Å²) in [7, 11) is 0. The minimum absolute atomic E-state index is 0.134. The van der Waals surface area contributed by atoms with Crippen LogP contribution in [0.25, 0.3) is 0 Å². The van der Waals surface area contributed by atoms with Crippen LogP contribution >= 0.6 is 0 Å². The van der Waals surface area contributed by atoms with Crippen LogP contribution in [-0.4, -0.2) is 38.4 Å². The highest BCUT2D eigenvalue weighted by Crippen LogP contribution is 2.25. The zero-order valence-electron chi connectivity index (χ0n) is 15.9. The van der Waals surface area contributed by atoms with E-state index in [1.165, 1.54) is 0 Å². The summed E-state index contributed by atoms with van der Waals surface area (Å²) < 4.78 is 16.9. The van der Waals surface area contributed by atoms with Crippen molar-refractivity contribution in [1.82, 2.24) is 0 Å². The van der Waals surface area contributed by atoms with Crippen LogP contribution in [0.15, 0.2) is 61.2 Å². The molecule has 148 valence electrons. The van der Waals surface area contributed by atoms with Gasteiger partial charge in [0.25, 0.3) is 0 Å². The summed E-state index contributed by atoms with van der Waals surface area (Å²) in [6.07, 6.45) is 3.93. The quantitative estimate of drug-likeness (QED) is 0.611. The Morgan fingerprint density at radius 2 is 2.00 bits per heavy atom. The first-order valence-electron chi connectivity index (χ1n) is 9.45. The van der Waals surface area contributed by atoms with E-state index < -0.39 is 0 Å². The highest BCUT2D eigenvalue weighted by molar-refractivity contribution is 5.94. The average molecular weight is 382 g/mol. The van der Waals surface area contributed by atoms with Gasteiger partial charge in [-0.1, -0.05) is 24.8 Å². The van der Waals surface area contributed by atoms with Crippen molar-refractivity contribution < 1.29 is 19.0 Å². The number of rotatable bonds is 10. The third-order valence-electron chi connectivity index (χ3n) is 4.28. The van der Waals surface area contributed by atoms with Crippen molar-refractivity contribution in [3.05, 3.63) is 61.2 Å². The Hall–Kier alpha value is -2.99. The standard InChI is InChI=1S/C22H26N2O4/c1-2-13-26-18-11-9-17(10-12-18)24-22(25)15-23-20-7-3-4-8-21(20)28-16-19-6-5-14-27-19/h2-4,7-12,19,23H,1,5-6,13-16H2,(H,24,25). The molecule has 2 N–H and O–H groups in total. The van der Waals surface area contributed by atoms with E-state index in [-0.39, 0.29) is 18.6 Å². The molecule has 2 aromatic rings. The molecule has 6 heteroatoms. The number of hydrogen-bond acceptors (Lipinski definition) is 5. The number of para-hydroxylation sites is 2. The molecule has 0 bridgehead atoms. The minimum Gasteiger partial charge on any atom is -0.490 e. The zero-order chi connectivity index (χ0) is 19.6. The van der Waals surface area contributed by atoms with E-state index in [9.17, 15) is 4.79 Å². The Kier molecular flexibility index (Phi) is 7.32. The van der Waals surface area contributed by atoms with Crippen molar-refractivity contribution in [2.45, 2.75) is 18.9 Å². The predicted molar refractivity (Wildman–Crippen MR) is 110 cm³/mol. The van der Waals surface area contributed by atoms with Crippen molar-refractivity contribution in [1.29, 1.82) is 0 Å². The number of anilines is 2. The highest BCUT2D eigenvalue weighted by Gasteiger charge is 2.16. The van der Waals surface area contributed by atoms with E-state index in [0.29, 0.717) is 18.9 Å². The van der Waals surface area contributed by atoms with Crippen LogP contribution in [0, 0.1) is 0 Å². The molecule has 6 nitrogen and oxygen atoms in total. The molecule has 0 radical (unpaired) electrons. The molecule has 2 aromatic carbocycles. The monoisotopic (exact) mass is 382 g/mol. The summed E-state index contributed by atoms with van der Waals surface area (Å²) in [5.41, 5.74) is 1.49. The summed E-state index contributed by atoms with van der Waals surface area (Å²) in [5, 5.41) is 5.99. The molecule has 28 heavy (non-hydrogen) atoms. The van der Waals surface area contributed by atoms with Gasteiger partial charge < -0.3 is 24.8 Å². The molecule has 0 aliphatic carbocycles. The van der Waals surface area contributed by atoms with E-state index in [0.717, 1.165) is 36.6 Å². The van der Waals surface area contributed by atoms with E-state index in [1.807, 2.05) is 24.3 Å². The van der Waals surface area contributed by atoms with Crippen LogP contribution < -0.4 is 20.1 Å². The van der Waals surface area contributed by atoms with E-state index in [1.54, 1.807) is 30.3 Å². The van der Waals surface area contributed by atoms with Crippen LogP contribution in [-0.2, 0) is 9.53 Å².